The molecule has 3 heterocycles. The molecule has 0 radical (unpaired) electrons. The number of fused-ring (bicyclic) bond motifs is 1. The van der Waals surface area contributed by atoms with E-state index in [1.54, 1.807) is 29.2 Å². The molecule has 0 saturated heterocycles. The van der Waals surface area contributed by atoms with E-state index in [1.807, 2.05) is 6.07 Å². The molecule has 0 saturated carbocycles. The Kier molecular flexibility index (Phi) is 5.19. The summed E-state index contributed by atoms with van der Waals surface area (Å²) in [5, 5.41) is 6.03. The van der Waals surface area contributed by atoms with Crippen molar-refractivity contribution in [3.8, 4) is 17.3 Å². The van der Waals surface area contributed by atoms with Crippen LogP contribution < -0.4 is 20.3 Å². The third-order valence-corrected chi connectivity index (χ3v) is 4.42. The number of carbonyl (C=O) groups excluding carboxylic acids is 1. The van der Waals surface area contributed by atoms with E-state index in [0.717, 1.165) is 12.1 Å². The molecule has 2 N–H and O–H groups in total. The van der Waals surface area contributed by atoms with Gasteiger partial charge in [-0.15, -0.1) is 0 Å². The molecule has 8 nitrogen and oxygen atoms in total. The summed E-state index contributed by atoms with van der Waals surface area (Å²) >= 11 is 0. The van der Waals surface area contributed by atoms with Gasteiger partial charge in [0.25, 0.3) is 0 Å². The van der Waals surface area contributed by atoms with Crippen LogP contribution in [-0.4, -0.2) is 41.2 Å². The lowest BCUT2D eigenvalue weighted by molar-refractivity contribution is 0.256. The number of aromatic nitrogens is 3. The topological polar surface area (TPSA) is 92.3 Å². The number of hydrogen-bond acceptors (Lipinski definition) is 6. The fourth-order valence-corrected chi connectivity index (χ4v) is 3.05. The number of methoxy groups -OCH3 is 1. The highest BCUT2D eigenvalue weighted by Gasteiger charge is 2.24. The van der Waals surface area contributed by atoms with Crippen LogP contribution in [0.2, 0.25) is 0 Å². The van der Waals surface area contributed by atoms with Crippen molar-refractivity contribution in [2.75, 3.05) is 35.7 Å². The molecule has 0 spiro atoms. The van der Waals surface area contributed by atoms with Crippen molar-refractivity contribution < 1.29 is 13.9 Å². The van der Waals surface area contributed by atoms with Gasteiger partial charge in [-0.25, -0.2) is 19.2 Å². The van der Waals surface area contributed by atoms with Crippen molar-refractivity contribution >= 4 is 23.4 Å². The summed E-state index contributed by atoms with van der Waals surface area (Å²) < 4.78 is 18.6. The number of rotatable bonds is 3. The minimum atomic E-state index is -0.375. The summed E-state index contributed by atoms with van der Waals surface area (Å²) in [6.07, 6.45) is 2.24. The van der Waals surface area contributed by atoms with Gasteiger partial charge < -0.3 is 10.1 Å². The van der Waals surface area contributed by atoms with E-state index in [-0.39, 0.29) is 17.9 Å². The number of nitrogens with zero attached hydrogens (tertiary/aromatic N) is 4. The largest absolute Gasteiger partial charge is 0.467 e. The molecular weight excluding hydrogens is 375 g/mol. The summed E-state index contributed by atoms with van der Waals surface area (Å²) in [5.41, 5.74) is 1.95. The Morgan fingerprint density at radius 3 is 2.97 bits per heavy atom. The average molecular weight is 394 g/mol. The van der Waals surface area contributed by atoms with Crippen LogP contribution in [0.3, 0.4) is 0 Å². The minimum Gasteiger partial charge on any atom is -0.467 e. The van der Waals surface area contributed by atoms with Gasteiger partial charge in [-0.1, -0.05) is 12.1 Å². The first-order chi connectivity index (χ1) is 14.1. The van der Waals surface area contributed by atoms with Crippen LogP contribution >= 0.6 is 0 Å². The summed E-state index contributed by atoms with van der Waals surface area (Å²) in [5.74, 6) is 0.453. The van der Waals surface area contributed by atoms with Crippen molar-refractivity contribution in [2.24, 2.45) is 0 Å². The molecule has 29 heavy (non-hydrogen) atoms. The van der Waals surface area contributed by atoms with Gasteiger partial charge in [0.15, 0.2) is 5.82 Å². The zero-order chi connectivity index (χ0) is 20.2. The number of pyridine rings is 1. The van der Waals surface area contributed by atoms with Crippen LogP contribution in [0.5, 0.6) is 6.01 Å². The minimum absolute atomic E-state index is 0.159. The van der Waals surface area contributed by atoms with Gasteiger partial charge in [0.1, 0.15) is 11.6 Å². The van der Waals surface area contributed by atoms with Crippen molar-refractivity contribution in [1.82, 2.24) is 15.0 Å². The van der Waals surface area contributed by atoms with Gasteiger partial charge in [0.2, 0.25) is 0 Å². The fraction of sp³-hybridized carbons (Fsp3) is 0.200. The van der Waals surface area contributed by atoms with Crippen LogP contribution in [-0.2, 0) is 0 Å². The van der Waals surface area contributed by atoms with Gasteiger partial charge >= 0.3 is 12.0 Å². The quantitative estimate of drug-likeness (QED) is 0.706. The second-order valence-electron chi connectivity index (χ2n) is 6.37. The zero-order valence-corrected chi connectivity index (χ0v) is 15.7. The Balaban J connectivity index is 1.66. The SMILES string of the molecule is COc1nccc(NC(=O)N2CCCNc3ccc(-c4cccc(F)c4)nc32)n1. The fourth-order valence-electron chi connectivity index (χ4n) is 3.05. The Hall–Kier alpha value is -3.75. The van der Waals surface area contributed by atoms with Gasteiger partial charge in [-0.3, -0.25) is 10.2 Å². The Labute approximate surface area is 166 Å². The number of ether oxygens (including phenoxy) is 1. The highest BCUT2D eigenvalue weighted by molar-refractivity contribution is 6.02. The molecule has 2 aromatic heterocycles. The maximum Gasteiger partial charge on any atom is 0.328 e. The highest BCUT2D eigenvalue weighted by Crippen LogP contribution is 2.30. The lowest BCUT2D eigenvalue weighted by Crippen LogP contribution is -2.36. The predicted octanol–water partition coefficient (Wildman–Crippen LogP) is 3.54. The van der Waals surface area contributed by atoms with Crippen molar-refractivity contribution in [3.05, 3.63) is 54.5 Å². The molecule has 9 heteroatoms. The molecule has 0 atom stereocenters. The molecule has 0 aliphatic carbocycles. The van der Waals surface area contributed by atoms with Crippen LogP contribution in [0.25, 0.3) is 11.3 Å². The summed E-state index contributed by atoms with van der Waals surface area (Å²) in [6, 6.07) is 11.2. The molecule has 1 aliphatic rings. The third-order valence-electron chi connectivity index (χ3n) is 4.42. The smallest absolute Gasteiger partial charge is 0.328 e. The van der Waals surface area contributed by atoms with Crippen LogP contribution in [0.4, 0.5) is 26.5 Å². The lowest BCUT2D eigenvalue weighted by atomic mass is 10.1. The Bertz CT molecular complexity index is 1040. The second-order valence-corrected chi connectivity index (χ2v) is 6.37. The Morgan fingerprint density at radius 1 is 1.24 bits per heavy atom. The molecule has 4 rings (SSSR count). The molecule has 148 valence electrons. The number of hydrogen-bond donors (Lipinski definition) is 2. The predicted molar refractivity (Wildman–Crippen MR) is 108 cm³/mol. The number of nitrogens with one attached hydrogen (secondary N) is 2. The van der Waals surface area contributed by atoms with E-state index >= 15 is 0 Å². The van der Waals surface area contributed by atoms with E-state index < -0.39 is 0 Å². The summed E-state index contributed by atoms with van der Waals surface area (Å²) in [4.78, 5) is 27.2. The number of halogens is 1. The molecule has 3 aromatic rings. The van der Waals surface area contributed by atoms with E-state index in [0.29, 0.717) is 36.0 Å². The van der Waals surface area contributed by atoms with Gasteiger partial charge in [-0.05, 0) is 36.8 Å². The summed E-state index contributed by atoms with van der Waals surface area (Å²) in [7, 11) is 1.45. The van der Waals surface area contributed by atoms with Gasteiger partial charge in [-0.2, -0.15) is 4.98 Å². The van der Waals surface area contributed by atoms with Crippen molar-refractivity contribution in [2.45, 2.75) is 6.42 Å². The third kappa shape index (κ3) is 4.08. The lowest BCUT2D eigenvalue weighted by Gasteiger charge is -2.22. The van der Waals surface area contributed by atoms with Crippen LogP contribution in [0.15, 0.2) is 48.7 Å². The van der Waals surface area contributed by atoms with E-state index in [2.05, 4.69) is 25.6 Å². The van der Waals surface area contributed by atoms with Crippen molar-refractivity contribution in [3.63, 3.8) is 0 Å². The first-order valence-corrected chi connectivity index (χ1v) is 9.10. The molecule has 2 amide bonds. The van der Waals surface area contributed by atoms with E-state index in [1.165, 1.54) is 25.4 Å². The van der Waals surface area contributed by atoms with E-state index in [9.17, 15) is 9.18 Å². The monoisotopic (exact) mass is 394 g/mol. The maximum absolute atomic E-state index is 13.6. The number of carbonyl (C=O) groups is 1. The second kappa shape index (κ2) is 8.09. The number of urea groups is 1. The molecule has 0 unspecified atom stereocenters. The average Bonchev–Trinajstić information content (AvgIpc) is 2.96. The maximum atomic E-state index is 13.6. The Morgan fingerprint density at radius 2 is 2.14 bits per heavy atom. The van der Waals surface area contributed by atoms with Gasteiger partial charge in [0.05, 0.1) is 18.5 Å². The number of benzene rings is 1. The molecular formula is C20H19FN6O2. The first-order valence-electron chi connectivity index (χ1n) is 9.10. The normalized spacial score (nSPS) is 13.1. The number of amides is 2. The van der Waals surface area contributed by atoms with Crippen molar-refractivity contribution in [1.29, 1.82) is 0 Å². The zero-order valence-electron chi connectivity index (χ0n) is 15.7. The molecule has 1 aliphatic heterocycles. The standard InChI is InChI=1S/C20H19FN6O2/c1-29-19-23-10-8-17(25-19)26-20(28)27-11-3-9-22-16-7-6-15(24-18(16)27)13-4-2-5-14(21)12-13/h2,4-8,10,12,22H,3,9,11H2,1H3,(H,23,25,26,28). The van der Waals surface area contributed by atoms with Crippen LogP contribution in [0.1, 0.15) is 6.42 Å². The molecule has 0 fully saturated rings. The molecule has 0 bridgehead atoms. The first kappa shape index (κ1) is 18.6. The van der Waals surface area contributed by atoms with Gasteiger partial charge in [0, 0.05) is 24.8 Å². The van der Waals surface area contributed by atoms with Crippen LogP contribution in [0, 0.1) is 5.82 Å². The summed E-state index contributed by atoms with van der Waals surface area (Å²) in [6.45, 7) is 1.17. The van der Waals surface area contributed by atoms with E-state index in [4.69, 9.17) is 4.74 Å². The molecule has 1 aromatic carbocycles. The highest BCUT2D eigenvalue weighted by atomic mass is 19.1. The number of anilines is 3.